The molecule has 4 fully saturated rings. The highest BCUT2D eigenvalue weighted by molar-refractivity contribution is 5.93. The molecule has 1 aliphatic carbocycles. The van der Waals surface area contributed by atoms with Crippen LogP contribution in [0, 0.1) is 10.8 Å². The van der Waals surface area contributed by atoms with Crippen LogP contribution in [0.3, 0.4) is 0 Å². The van der Waals surface area contributed by atoms with Gasteiger partial charge in [-0.2, -0.15) is 25.2 Å². The predicted molar refractivity (Wildman–Crippen MR) is 250 cm³/mol. The average molecular weight is 829 g/mol. The molecule has 5 aliphatic rings. The molecule has 1 saturated carbocycles. The van der Waals surface area contributed by atoms with E-state index < -0.39 is 22.0 Å². The van der Waals surface area contributed by atoms with Crippen LogP contribution < -0.4 is 11.2 Å². The van der Waals surface area contributed by atoms with Crippen molar-refractivity contribution in [2.45, 2.75) is 277 Å². The van der Waals surface area contributed by atoms with Gasteiger partial charge >= 0.3 is 0 Å². The molecule has 1 aromatic rings. The maximum absolute atomic E-state index is 12.0. The third-order valence-corrected chi connectivity index (χ3v) is 16.5. The first-order valence-electron chi connectivity index (χ1n) is 24.2. The molecule has 10 heteroatoms. The number of aromatic nitrogens is 3. The smallest absolute Gasteiger partial charge is 0.226 e. The molecule has 0 aromatic carbocycles. The van der Waals surface area contributed by atoms with Crippen LogP contribution in [0.4, 0.5) is 5.95 Å². The average Bonchev–Trinajstić information content (AvgIpc) is 3.36. The van der Waals surface area contributed by atoms with Crippen molar-refractivity contribution < 1.29 is 0 Å². The summed E-state index contributed by atoms with van der Waals surface area (Å²) >= 11 is 0. The number of hydrogen-bond acceptors (Lipinski definition) is 9. The van der Waals surface area contributed by atoms with Gasteiger partial charge in [-0.15, -0.1) is 0 Å². The van der Waals surface area contributed by atoms with Gasteiger partial charge in [0.25, 0.3) is 0 Å². The van der Waals surface area contributed by atoms with E-state index in [1.54, 1.807) is 5.01 Å². The number of fused-ring (bicyclic) bond motifs is 6. The van der Waals surface area contributed by atoms with Crippen molar-refractivity contribution in [2.75, 3.05) is 5.32 Å². The molecule has 2 spiro atoms. The molecular formula is C50H88N10. The van der Waals surface area contributed by atoms with Gasteiger partial charge in [0.05, 0.1) is 27.6 Å². The molecule has 0 amide bonds. The molecule has 5 heterocycles. The maximum atomic E-state index is 12.0. The SMILES string of the molecule is CC(C)(C)CC(C)(C)Nc1nc2nc(n1)C1(CCCCC/C=N\N3C(C)(C)CCC2C3(C)C)CCC(C)(C)N(N=C2CC(C)(C)N([N])C(C)(C)C23CCCCCC3)C1(C)C. The number of piperidine rings is 3. The van der Waals surface area contributed by atoms with E-state index in [0.29, 0.717) is 5.95 Å². The molecule has 2 atom stereocenters. The van der Waals surface area contributed by atoms with E-state index in [1.165, 1.54) is 31.4 Å². The summed E-state index contributed by atoms with van der Waals surface area (Å²) in [4.78, 5) is 16.9. The summed E-state index contributed by atoms with van der Waals surface area (Å²) in [6.45, 7) is 39.6. The summed E-state index contributed by atoms with van der Waals surface area (Å²) in [6.07, 6.45) is 20.0. The van der Waals surface area contributed by atoms with E-state index in [4.69, 9.17) is 25.2 Å². The molecule has 4 bridgehead atoms. The van der Waals surface area contributed by atoms with Gasteiger partial charge in [-0.05, 0) is 172 Å². The van der Waals surface area contributed by atoms with Crippen LogP contribution >= 0.6 is 0 Å². The van der Waals surface area contributed by atoms with Crippen LogP contribution in [0.5, 0.6) is 0 Å². The fourth-order valence-corrected chi connectivity index (χ4v) is 13.6. The van der Waals surface area contributed by atoms with Crippen LogP contribution in [0.25, 0.3) is 0 Å². The number of rotatable bonds is 4. The van der Waals surface area contributed by atoms with Crippen LogP contribution in [-0.4, -0.2) is 80.7 Å². The lowest BCUT2D eigenvalue weighted by molar-refractivity contribution is -0.0986. The van der Waals surface area contributed by atoms with E-state index in [9.17, 15) is 5.84 Å². The minimum Gasteiger partial charge on any atom is -0.349 e. The van der Waals surface area contributed by atoms with E-state index in [1.807, 2.05) is 0 Å². The normalized spacial score (nSPS) is 31.4. The Morgan fingerprint density at radius 2 is 1.28 bits per heavy atom. The predicted octanol–water partition coefficient (Wildman–Crippen LogP) is 12.0. The van der Waals surface area contributed by atoms with Gasteiger partial charge in [0.2, 0.25) is 5.95 Å². The van der Waals surface area contributed by atoms with Crippen LogP contribution in [0.1, 0.15) is 244 Å². The van der Waals surface area contributed by atoms with Gasteiger partial charge in [0, 0.05) is 46.3 Å². The lowest BCUT2D eigenvalue weighted by Crippen LogP contribution is -2.71. The number of nitrogens with one attached hydrogen (secondary N) is 1. The Kier molecular flexibility index (Phi) is 12.4. The number of nitrogens with zero attached hydrogens (tertiary/aromatic N) is 9. The lowest BCUT2D eigenvalue weighted by atomic mass is 9.57. The maximum Gasteiger partial charge on any atom is 0.226 e. The summed E-state index contributed by atoms with van der Waals surface area (Å²) in [5.74, 6) is 14.6. The van der Waals surface area contributed by atoms with Crippen molar-refractivity contribution in [3.63, 3.8) is 0 Å². The highest BCUT2D eigenvalue weighted by Gasteiger charge is 2.63. The van der Waals surface area contributed by atoms with Gasteiger partial charge in [-0.3, -0.25) is 10.0 Å². The first kappa shape index (κ1) is 47.2. The topological polar surface area (TPSA) is 107 Å². The minimum absolute atomic E-state index is 0.0680. The zero-order valence-electron chi connectivity index (χ0n) is 41.7. The fourth-order valence-electron chi connectivity index (χ4n) is 13.6. The summed E-state index contributed by atoms with van der Waals surface area (Å²) in [5.41, 5.74) is -1.44. The van der Waals surface area contributed by atoms with Crippen LogP contribution in [-0.2, 0) is 5.41 Å². The fraction of sp³-hybridized carbons (Fsp3) is 0.900. The second-order valence-electron chi connectivity index (χ2n) is 25.5. The molecule has 1 N–H and O–H groups in total. The second kappa shape index (κ2) is 15.7. The van der Waals surface area contributed by atoms with Crippen molar-refractivity contribution in [2.24, 2.45) is 21.0 Å². The minimum atomic E-state index is -0.466. The quantitative estimate of drug-likeness (QED) is 0.322. The zero-order valence-corrected chi connectivity index (χ0v) is 41.7. The first-order chi connectivity index (χ1) is 27.4. The van der Waals surface area contributed by atoms with E-state index in [-0.39, 0.29) is 38.9 Å². The Bertz CT molecular complexity index is 1750. The van der Waals surface area contributed by atoms with Crippen molar-refractivity contribution in [3.05, 3.63) is 11.6 Å². The Morgan fingerprint density at radius 1 is 0.683 bits per heavy atom. The molecule has 2 unspecified atom stereocenters. The summed E-state index contributed by atoms with van der Waals surface area (Å²) in [5, 5.41) is 21.9. The third-order valence-electron chi connectivity index (χ3n) is 16.5. The lowest BCUT2D eigenvalue weighted by Gasteiger charge is -2.63. The number of anilines is 1. The number of hydrazone groups is 2. The van der Waals surface area contributed by atoms with Gasteiger partial charge in [-0.1, -0.05) is 59.3 Å². The van der Waals surface area contributed by atoms with Crippen molar-refractivity contribution >= 4 is 17.9 Å². The molecule has 2 radical (unpaired) electrons. The largest absolute Gasteiger partial charge is 0.349 e. The van der Waals surface area contributed by atoms with E-state index >= 15 is 0 Å². The summed E-state index contributed by atoms with van der Waals surface area (Å²) in [6, 6.07) is 0. The molecular weight excluding hydrogens is 741 g/mol. The molecule has 3 saturated heterocycles. The van der Waals surface area contributed by atoms with Gasteiger partial charge in [0.1, 0.15) is 11.6 Å². The van der Waals surface area contributed by atoms with E-state index in [2.05, 4.69) is 139 Å². The van der Waals surface area contributed by atoms with Gasteiger partial charge in [-0.25, -0.2) is 4.98 Å². The Balaban J connectivity index is 1.59. The second-order valence-corrected chi connectivity index (χ2v) is 25.5. The van der Waals surface area contributed by atoms with Gasteiger partial charge < -0.3 is 5.32 Å². The Labute approximate surface area is 367 Å². The van der Waals surface area contributed by atoms with Crippen LogP contribution in [0.15, 0.2) is 10.2 Å². The van der Waals surface area contributed by atoms with Crippen molar-refractivity contribution in [3.8, 4) is 0 Å². The Hall–Kier alpha value is -2.33. The van der Waals surface area contributed by atoms with Crippen molar-refractivity contribution in [1.82, 2.24) is 35.8 Å². The summed E-state index contributed by atoms with van der Waals surface area (Å²) < 4.78 is 0. The van der Waals surface area contributed by atoms with E-state index in [0.717, 1.165) is 95.1 Å². The standard InChI is InChI=1S/C50H88N10/c1-41(2,3)35-42(4,5)56-40-54-38-36-26-30-43(6,7)59(46(36,12)13)52-33-25-21-20-24-29-50(39(53-38)55-40)32-31-44(8,9)60(48(50,16)17)57-37-34-45(10,11)58(51)47(14,15)49(37)27-22-18-19-23-28-49/h33,36H,18-32,34-35H2,1-17H3,(H,53,54,55,56)/b52-33-,57-37?. The Morgan fingerprint density at radius 3 is 1.90 bits per heavy atom. The summed E-state index contributed by atoms with van der Waals surface area (Å²) in [7, 11) is 0. The molecule has 1 aromatic heterocycles. The molecule has 60 heavy (non-hydrogen) atoms. The zero-order chi connectivity index (χ0) is 44.6. The van der Waals surface area contributed by atoms with Gasteiger partial charge in [0.15, 0.2) is 0 Å². The highest BCUT2D eigenvalue weighted by Crippen LogP contribution is 2.58. The monoisotopic (exact) mass is 829 g/mol. The molecule has 4 aliphatic heterocycles. The first-order valence-corrected chi connectivity index (χ1v) is 24.2. The number of hydrogen-bond donors (Lipinski definition) is 1. The van der Waals surface area contributed by atoms with Crippen molar-refractivity contribution in [1.29, 1.82) is 0 Å². The highest BCUT2D eigenvalue weighted by atomic mass is 15.6. The van der Waals surface area contributed by atoms with Crippen LogP contribution in [0.2, 0.25) is 0 Å². The molecule has 6 rings (SSSR count). The molecule has 10 nitrogen and oxygen atoms in total. The molecule has 338 valence electrons. The third kappa shape index (κ3) is 8.41.